The van der Waals surface area contributed by atoms with E-state index in [1.165, 1.54) is 0 Å². The highest BCUT2D eigenvalue weighted by molar-refractivity contribution is 5.67. The van der Waals surface area contributed by atoms with E-state index in [4.69, 9.17) is 10.5 Å². The molecule has 0 radical (unpaired) electrons. The highest BCUT2D eigenvalue weighted by Gasteiger charge is 2.29. The molecule has 1 aromatic carbocycles. The number of carbonyl (C=O) groups excluding carboxylic acids is 1. The second kappa shape index (κ2) is 7.92. The van der Waals surface area contributed by atoms with Gasteiger partial charge in [-0.2, -0.15) is 0 Å². The Hall–Kier alpha value is -2.41. The second-order valence-electron chi connectivity index (χ2n) is 6.06. The molecule has 1 fully saturated rings. The number of ether oxygens (including phenoxy) is 1. The summed E-state index contributed by atoms with van der Waals surface area (Å²) in [5.41, 5.74) is 7.32. The van der Waals surface area contributed by atoms with E-state index in [1.807, 2.05) is 41.2 Å². The van der Waals surface area contributed by atoms with Gasteiger partial charge in [-0.25, -0.2) is 9.48 Å². The maximum Gasteiger partial charge on any atom is 0.407 e. The number of aromatic nitrogens is 3. The fourth-order valence-electron chi connectivity index (χ4n) is 3.08. The standard InChI is InChI=1S/C17H23N5O2/c18-10-14-11-22(21-20-14)16-9-5-4-8-15(16)19-17(23)24-12-13-6-2-1-3-7-13/h1-3,6-7,11,15-16H,4-5,8-10,12,18H2,(H,19,23)/t15-,16+/m1/s1. The van der Waals surface area contributed by atoms with Crippen molar-refractivity contribution < 1.29 is 9.53 Å². The van der Waals surface area contributed by atoms with Crippen molar-refractivity contribution in [3.8, 4) is 0 Å². The monoisotopic (exact) mass is 329 g/mol. The predicted molar refractivity (Wildman–Crippen MR) is 89.0 cm³/mol. The lowest BCUT2D eigenvalue weighted by molar-refractivity contribution is 0.126. The average molecular weight is 329 g/mol. The van der Waals surface area contributed by atoms with Crippen molar-refractivity contribution >= 4 is 6.09 Å². The molecule has 0 aliphatic heterocycles. The summed E-state index contributed by atoms with van der Waals surface area (Å²) < 4.78 is 7.15. The van der Waals surface area contributed by atoms with E-state index in [0.717, 1.165) is 36.9 Å². The van der Waals surface area contributed by atoms with Crippen molar-refractivity contribution in [2.24, 2.45) is 5.73 Å². The Bertz CT molecular complexity index is 658. The van der Waals surface area contributed by atoms with Gasteiger partial charge in [0, 0.05) is 6.54 Å². The smallest absolute Gasteiger partial charge is 0.407 e. The first-order valence-electron chi connectivity index (χ1n) is 8.34. The molecule has 1 aliphatic carbocycles. The lowest BCUT2D eigenvalue weighted by atomic mass is 9.90. The summed E-state index contributed by atoms with van der Waals surface area (Å²) in [6.07, 6.45) is 5.52. The third-order valence-electron chi connectivity index (χ3n) is 4.35. The van der Waals surface area contributed by atoms with Gasteiger partial charge in [0.25, 0.3) is 0 Å². The topological polar surface area (TPSA) is 95.1 Å². The van der Waals surface area contributed by atoms with Crippen LogP contribution in [0.15, 0.2) is 36.5 Å². The van der Waals surface area contributed by atoms with Crippen LogP contribution < -0.4 is 11.1 Å². The minimum atomic E-state index is -0.394. The van der Waals surface area contributed by atoms with Gasteiger partial charge >= 0.3 is 6.09 Å². The Kier molecular flexibility index (Phi) is 5.43. The Morgan fingerprint density at radius 3 is 2.83 bits per heavy atom. The summed E-state index contributed by atoms with van der Waals surface area (Å²) in [5.74, 6) is 0. The zero-order valence-corrected chi connectivity index (χ0v) is 13.6. The first-order valence-corrected chi connectivity index (χ1v) is 8.34. The third-order valence-corrected chi connectivity index (χ3v) is 4.35. The number of alkyl carbamates (subject to hydrolysis) is 1. The van der Waals surface area contributed by atoms with Crippen LogP contribution in [0.25, 0.3) is 0 Å². The molecule has 2 atom stereocenters. The molecule has 2 aromatic rings. The van der Waals surface area contributed by atoms with Gasteiger partial charge in [-0.1, -0.05) is 48.4 Å². The van der Waals surface area contributed by atoms with E-state index in [-0.39, 0.29) is 18.7 Å². The van der Waals surface area contributed by atoms with Gasteiger partial charge in [-0.05, 0) is 18.4 Å². The Balaban J connectivity index is 1.58. The summed E-state index contributed by atoms with van der Waals surface area (Å²) in [7, 11) is 0. The molecule has 0 saturated heterocycles. The summed E-state index contributed by atoms with van der Waals surface area (Å²) in [6.45, 7) is 0.634. The average Bonchev–Trinajstić information content (AvgIpc) is 3.10. The summed E-state index contributed by atoms with van der Waals surface area (Å²) in [4.78, 5) is 12.1. The molecule has 128 valence electrons. The van der Waals surface area contributed by atoms with Gasteiger partial charge < -0.3 is 15.8 Å². The quantitative estimate of drug-likeness (QED) is 0.876. The Labute approximate surface area is 141 Å². The number of nitrogens with one attached hydrogen (secondary N) is 1. The van der Waals surface area contributed by atoms with Crippen molar-refractivity contribution in [2.45, 2.75) is 50.9 Å². The fraction of sp³-hybridized carbons (Fsp3) is 0.471. The van der Waals surface area contributed by atoms with E-state index >= 15 is 0 Å². The molecular weight excluding hydrogens is 306 g/mol. The van der Waals surface area contributed by atoms with Crippen molar-refractivity contribution in [3.05, 3.63) is 47.8 Å². The van der Waals surface area contributed by atoms with Crippen molar-refractivity contribution in [1.29, 1.82) is 0 Å². The van der Waals surface area contributed by atoms with Crippen LogP contribution in [0.4, 0.5) is 4.79 Å². The van der Waals surface area contributed by atoms with E-state index in [2.05, 4.69) is 15.6 Å². The van der Waals surface area contributed by atoms with Gasteiger partial charge in [-0.3, -0.25) is 0 Å². The molecule has 24 heavy (non-hydrogen) atoms. The molecule has 1 amide bonds. The molecule has 0 spiro atoms. The Morgan fingerprint density at radius 2 is 2.08 bits per heavy atom. The summed E-state index contributed by atoms with van der Waals surface area (Å²) in [6, 6.07) is 9.73. The number of amides is 1. The molecule has 1 heterocycles. The number of rotatable bonds is 5. The number of nitrogens with zero attached hydrogens (tertiary/aromatic N) is 3. The molecule has 0 bridgehead atoms. The zero-order valence-electron chi connectivity index (χ0n) is 13.6. The van der Waals surface area contributed by atoms with Crippen LogP contribution in [-0.2, 0) is 17.9 Å². The largest absolute Gasteiger partial charge is 0.445 e. The highest BCUT2D eigenvalue weighted by atomic mass is 16.5. The van der Waals surface area contributed by atoms with Gasteiger partial charge in [-0.15, -0.1) is 5.10 Å². The normalized spacial score (nSPS) is 20.5. The molecule has 3 rings (SSSR count). The number of carbonyl (C=O) groups is 1. The molecule has 1 aromatic heterocycles. The summed E-state index contributed by atoms with van der Waals surface area (Å²) in [5, 5.41) is 11.2. The molecule has 7 nitrogen and oxygen atoms in total. The predicted octanol–water partition coefficient (Wildman–Crippen LogP) is 2.15. The minimum absolute atomic E-state index is 0.00523. The van der Waals surface area contributed by atoms with E-state index < -0.39 is 6.09 Å². The first-order chi connectivity index (χ1) is 11.8. The van der Waals surface area contributed by atoms with E-state index in [1.54, 1.807) is 0 Å². The van der Waals surface area contributed by atoms with Crippen molar-refractivity contribution in [3.63, 3.8) is 0 Å². The minimum Gasteiger partial charge on any atom is -0.445 e. The number of hydrogen-bond acceptors (Lipinski definition) is 5. The van der Waals surface area contributed by atoms with Crippen LogP contribution in [0, 0.1) is 0 Å². The second-order valence-corrected chi connectivity index (χ2v) is 6.06. The van der Waals surface area contributed by atoms with Crippen LogP contribution in [0.2, 0.25) is 0 Å². The van der Waals surface area contributed by atoms with E-state index in [9.17, 15) is 4.79 Å². The SMILES string of the molecule is NCc1cn([C@H]2CCCC[C@H]2NC(=O)OCc2ccccc2)nn1. The number of hydrogen-bond donors (Lipinski definition) is 2. The first kappa shape index (κ1) is 16.4. The molecule has 0 unspecified atom stereocenters. The molecule has 1 aliphatic rings. The van der Waals surface area contributed by atoms with Gasteiger partial charge in [0.05, 0.1) is 24.0 Å². The van der Waals surface area contributed by atoms with Crippen molar-refractivity contribution in [2.75, 3.05) is 0 Å². The van der Waals surface area contributed by atoms with Gasteiger partial charge in [0.1, 0.15) is 6.61 Å². The maximum atomic E-state index is 12.1. The van der Waals surface area contributed by atoms with E-state index in [0.29, 0.717) is 6.54 Å². The van der Waals surface area contributed by atoms with Crippen LogP contribution in [0.5, 0.6) is 0 Å². The van der Waals surface area contributed by atoms with Gasteiger partial charge in [0.2, 0.25) is 0 Å². The van der Waals surface area contributed by atoms with Crippen LogP contribution in [0.1, 0.15) is 43.0 Å². The highest BCUT2D eigenvalue weighted by Crippen LogP contribution is 2.28. The van der Waals surface area contributed by atoms with Crippen molar-refractivity contribution in [1.82, 2.24) is 20.3 Å². The van der Waals surface area contributed by atoms with Crippen LogP contribution in [0.3, 0.4) is 0 Å². The third kappa shape index (κ3) is 4.11. The lowest BCUT2D eigenvalue weighted by Crippen LogP contribution is -2.43. The summed E-state index contributed by atoms with van der Waals surface area (Å²) >= 11 is 0. The van der Waals surface area contributed by atoms with Gasteiger partial charge in [0.15, 0.2) is 0 Å². The molecule has 3 N–H and O–H groups in total. The molecule has 1 saturated carbocycles. The van der Waals surface area contributed by atoms with Crippen LogP contribution in [-0.4, -0.2) is 27.1 Å². The molecule has 7 heteroatoms. The van der Waals surface area contributed by atoms with Crippen LogP contribution >= 0.6 is 0 Å². The number of nitrogens with two attached hydrogens (primary N) is 1. The Morgan fingerprint density at radius 1 is 1.29 bits per heavy atom. The fourth-order valence-corrected chi connectivity index (χ4v) is 3.08. The number of benzene rings is 1. The zero-order chi connectivity index (χ0) is 16.8. The lowest BCUT2D eigenvalue weighted by Gasteiger charge is -2.31. The maximum absolute atomic E-state index is 12.1. The molecular formula is C17H23N5O2.